The van der Waals surface area contributed by atoms with Crippen LogP contribution in [0.2, 0.25) is 0 Å². The van der Waals surface area contributed by atoms with Crippen LogP contribution in [0.4, 0.5) is 11.4 Å². The number of nitrogen functional groups attached to an aromatic ring is 1. The topological polar surface area (TPSA) is 96.0 Å². The summed E-state index contributed by atoms with van der Waals surface area (Å²) in [5.41, 5.74) is 6.48. The second kappa shape index (κ2) is 5.21. The van der Waals surface area contributed by atoms with Crippen LogP contribution in [0.3, 0.4) is 0 Å². The number of nitrogens with two attached hydrogens (primary N) is 1. The molecule has 2 rings (SSSR count). The van der Waals surface area contributed by atoms with Crippen LogP contribution in [0.5, 0.6) is 0 Å². The molecule has 1 aromatic carbocycles. The molecule has 1 aromatic heterocycles. The largest absolute Gasteiger partial charge is 0.398 e. The van der Waals surface area contributed by atoms with Gasteiger partial charge in [-0.3, -0.25) is 4.72 Å². The van der Waals surface area contributed by atoms with E-state index in [-0.39, 0.29) is 4.21 Å². The Kier molecular flexibility index (Phi) is 3.80. The fourth-order valence-corrected chi connectivity index (χ4v) is 3.74. The van der Waals surface area contributed by atoms with Crippen LogP contribution >= 0.6 is 27.3 Å². The number of nitrogens with zero attached hydrogens (tertiary/aromatic N) is 1. The number of rotatable bonds is 3. The first-order chi connectivity index (χ1) is 8.92. The number of hydrogen-bond donors (Lipinski definition) is 2. The molecule has 8 heteroatoms. The highest BCUT2D eigenvalue weighted by Crippen LogP contribution is 2.27. The van der Waals surface area contributed by atoms with Gasteiger partial charge >= 0.3 is 0 Å². The number of nitriles is 1. The number of benzene rings is 1. The molecule has 0 aliphatic heterocycles. The van der Waals surface area contributed by atoms with Crippen molar-refractivity contribution in [1.82, 2.24) is 0 Å². The molecule has 0 fully saturated rings. The molecule has 0 atom stereocenters. The monoisotopic (exact) mass is 357 g/mol. The molecule has 0 amide bonds. The van der Waals surface area contributed by atoms with E-state index < -0.39 is 10.0 Å². The van der Waals surface area contributed by atoms with Gasteiger partial charge in [-0.05, 0) is 46.3 Å². The maximum Gasteiger partial charge on any atom is 0.271 e. The van der Waals surface area contributed by atoms with Crippen molar-refractivity contribution in [3.63, 3.8) is 0 Å². The van der Waals surface area contributed by atoms with E-state index in [9.17, 15) is 8.42 Å². The molecule has 0 spiro atoms. The van der Waals surface area contributed by atoms with Crippen LogP contribution < -0.4 is 10.5 Å². The van der Waals surface area contributed by atoms with Crippen molar-refractivity contribution in [1.29, 1.82) is 5.26 Å². The minimum atomic E-state index is -3.69. The van der Waals surface area contributed by atoms with E-state index >= 15 is 0 Å². The lowest BCUT2D eigenvalue weighted by atomic mass is 10.3. The van der Waals surface area contributed by atoms with Crippen molar-refractivity contribution in [3.05, 3.63) is 39.7 Å². The Morgan fingerprint density at radius 2 is 2.05 bits per heavy atom. The molecule has 1 heterocycles. The van der Waals surface area contributed by atoms with Gasteiger partial charge in [0.2, 0.25) is 0 Å². The minimum absolute atomic E-state index is 0.0885. The van der Waals surface area contributed by atoms with Gasteiger partial charge in [0.1, 0.15) is 15.2 Å². The van der Waals surface area contributed by atoms with Crippen molar-refractivity contribution in [2.75, 3.05) is 10.5 Å². The number of anilines is 2. The summed E-state index contributed by atoms with van der Waals surface area (Å²) >= 11 is 4.14. The molecule has 0 aliphatic carbocycles. The van der Waals surface area contributed by atoms with E-state index in [1.54, 1.807) is 12.1 Å². The second-order valence-corrected chi connectivity index (χ2v) is 7.42. The lowest BCUT2D eigenvalue weighted by Gasteiger charge is -2.07. The van der Waals surface area contributed by atoms with Crippen LogP contribution in [0.25, 0.3) is 0 Å². The molecule has 2 aromatic rings. The van der Waals surface area contributed by atoms with Gasteiger partial charge in [-0.15, -0.1) is 11.3 Å². The molecule has 0 radical (unpaired) electrons. The zero-order valence-corrected chi connectivity index (χ0v) is 12.6. The summed E-state index contributed by atoms with van der Waals surface area (Å²) in [6.07, 6.45) is 0. The van der Waals surface area contributed by atoms with E-state index in [1.807, 2.05) is 6.07 Å². The highest BCUT2D eigenvalue weighted by molar-refractivity contribution is 9.10. The Hall–Kier alpha value is -1.56. The molecule has 98 valence electrons. The fourth-order valence-electron chi connectivity index (χ4n) is 1.34. The summed E-state index contributed by atoms with van der Waals surface area (Å²) < 4.78 is 27.3. The van der Waals surface area contributed by atoms with Crippen molar-refractivity contribution < 1.29 is 8.42 Å². The van der Waals surface area contributed by atoms with E-state index in [2.05, 4.69) is 20.7 Å². The first-order valence-corrected chi connectivity index (χ1v) is 8.09. The summed E-state index contributed by atoms with van der Waals surface area (Å²) in [4.78, 5) is 0.343. The summed E-state index contributed by atoms with van der Waals surface area (Å²) in [6, 6.07) is 9.53. The highest BCUT2D eigenvalue weighted by Gasteiger charge is 2.17. The molecular weight excluding hydrogens is 350 g/mol. The normalized spacial score (nSPS) is 10.9. The summed E-state index contributed by atoms with van der Waals surface area (Å²) in [5.74, 6) is 0. The minimum Gasteiger partial charge on any atom is -0.398 e. The first kappa shape index (κ1) is 13.9. The predicted octanol–water partition coefficient (Wildman–Crippen LogP) is 2.77. The van der Waals surface area contributed by atoms with Gasteiger partial charge in [-0.25, -0.2) is 8.42 Å². The van der Waals surface area contributed by atoms with Crippen LogP contribution in [0, 0.1) is 11.3 Å². The Morgan fingerprint density at radius 3 is 2.63 bits per heavy atom. The third-order valence-corrected chi connectivity index (χ3v) is 5.79. The van der Waals surface area contributed by atoms with E-state index in [4.69, 9.17) is 11.0 Å². The summed E-state index contributed by atoms with van der Waals surface area (Å²) in [5, 5.41) is 8.70. The second-order valence-electron chi connectivity index (χ2n) is 3.57. The average molecular weight is 358 g/mol. The van der Waals surface area contributed by atoms with Gasteiger partial charge in [0, 0.05) is 10.2 Å². The maximum absolute atomic E-state index is 12.1. The van der Waals surface area contributed by atoms with Crippen LogP contribution in [0.1, 0.15) is 4.88 Å². The van der Waals surface area contributed by atoms with Crippen LogP contribution in [-0.2, 0) is 10.0 Å². The number of hydrogen-bond acceptors (Lipinski definition) is 5. The molecule has 0 aliphatic rings. The Morgan fingerprint density at radius 1 is 1.32 bits per heavy atom. The average Bonchev–Trinajstić information content (AvgIpc) is 2.83. The number of halogens is 1. The van der Waals surface area contributed by atoms with Gasteiger partial charge in [-0.2, -0.15) is 5.26 Å². The summed E-state index contributed by atoms with van der Waals surface area (Å²) in [6.45, 7) is 0. The molecule has 3 N–H and O–H groups in total. The maximum atomic E-state index is 12.1. The standard InChI is InChI=1S/C11H8BrN3O2S2/c12-9-3-1-7(5-10(9)14)15-19(16,17)11-4-2-8(6-13)18-11/h1-5,15H,14H2. The number of thiophene rings is 1. The third-order valence-electron chi connectivity index (χ3n) is 2.20. The Balaban J connectivity index is 2.31. The first-order valence-electron chi connectivity index (χ1n) is 5.00. The van der Waals surface area contributed by atoms with E-state index in [0.717, 1.165) is 11.3 Å². The smallest absolute Gasteiger partial charge is 0.271 e. The highest BCUT2D eigenvalue weighted by atomic mass is 79.9. The van der Waals surface area contributed by atoms with Gasteiger partial charge in [-0.1, -0.05) is 0 Å². The van der Waals surface area contributed by atoms with Gasteiger partial charge in [0.15, 0.2) is 0 Å². The molecule has 0 saturated heterocycles. The molecule has 0 saturated carbocycles. The summed E-state index contributed by atoms with van der Waals surface area (Å²) in [7, 11) is -3.69. The molecule has 19 heavy (non-hydrogen) atoms. The van der Waals surface area contributed by atoms with Gasteiger partial charge in [0.25, 0.3) is 10.0 Å². The SMILES string of the molecule is N#Cc1ccc(S(=O)(=O)Nc2ccc(Br)c(N)c2)s1. The predicted molar refractivity (Wildman–Crippen MR) is 78.4 cm³/mol. The zero-order valence-electron chi connectivity index (χ0n) is 9.42. The van der Waals surface area contributed by atoms with Crippen LogP contribution in [0.15, 0.2) is 39.0 Å². The van der Waals surface area contributed by atoms with E-state index in [0.29, 0.717) is 20.7 Å². The van der Waals surface area contributed by atoms with Gasteiger partial charge in [0.05, 0.1) is 5.69 Å². The lowest BCUT2D eigenvalue weighted by molar-refractivity contribution is 0.603. The number of sulfonamides is 1. The van der Waals surface area contributed by atoms with Crippen molar-refractivity contribution >= 4 is 48.7 Å². The third kappa shape index (κ3) is 3.07. The number of nitrogens with one attached hydrogen (secondary N) is 1. The molecular formula is C11H8BrN3O2S2. The van der Waals surface area contributed by atoms with Crippen molar-refractivity contribution in [2.24, 2.45) is 0 Å². The lowest BCUT2D eigenvalue weighted by Crippen LogP contribution is -2.11. The molecule has 5 nitrogen and oxygen atoms in total. The van der Waals surface area contributed by atoms with Crippen molar-refractivity contribution in [2.45, 2.75) is 4.21 Å². The fraction of sp³-hybridized carbons (Fsp3) is 0. The van der Waals surface area contributed by atoms with Crippen LogP contribution in [-0.4, -0.2) is 8.42 Å². The van der Waals surface area contributed by atoms with Crippen molar-refractivity contribution in [3.8, 4) is 6.07 Å². The Bertz CT molecular complexity index is 762. The quantitative estimate of drug-likeness (QED) is 0.825. The van der Waals surface area contributed by atoms with E-state index in [1.165, 1.54) is 18.2 Å². The Labute approximate surface area is 122 Å². The molecule has 0 unspecified atom stereocenters. The van der Waals surface area contributed by atoms with Gasteiger partial charge < -0.3 is 5.73 Å². The zero-order chi connectivity index (χ0) is 14.0. The molecule has 0 bridgehead atoms.